The fraction of sp³-hybridized carbons (Fsp3) is 0.318. The van der Waals surface area contributed by atoms with Gasteiger partial charge in [0.15, 0.2) is 4.80 Å². The maximum absolute atomic E-state index is 12.8. The second-order valence-electron chi connectivity index (χ2n) is 6.92. The van der Waals surface area contributed by atoms with Gasteiger partial charge in [-0.3, -0.25) is 9.59 Å². The highest BCUT2D eigenvalue weighted by molar-refractivity contribution is 7.16. The summed E-state index contributed by atoms with van der Waals surface area (Å²) in [5, 5.41) is 0. The van der Waals surface area contributed by atoms with E-state index in [1.807, 2.05) is 45.9 Å². The van der Waals surface area contributed by atoms with Crippen LogP contribution in [0.25, 0.3) is 10.2 Å². The number of hydrogen-bond acceptors (Lipinski definition) is 4. The van der Waals surface area contributed by atoms with E-state index >= 15 is 0 Å². The van der Waals surface area contributed by atoms with Crippen LogP contribution in [0.3, 0.4) is 0 Å². The first-order valence-corrected chi connectivity index (χ1v) is 10.0. The summed E-state index contributed by atoms with van der Waals surface area (Å²) in [5.41, 5.74) is 5.79. The van der Waals surface area contributed by atoms with Crippen LogP contribution >= 0.6 is 11.3 Å². The Morgan fingerprint density at radius 1 is 1.04 bits per heavy atom. The van der Waals surface area contributed by atoms with Gasteiger partial charge in [0.05, 0.1) is 16.8 Å². The van der Waals surface area contributed by atoms with Gasteiger partial charge in [-0.25, -0.2) is 0 Å². The molecule has 28 heavy (non-hydrogen) atoms. The highest BCUT2D eigenvalue weighted by Gasteiger charge is 2.15. The zero-order chi connectivity index (χ0) is 20.4. The van der Waals surface area contributed by atoms with Crippen LogP contribution in [0.2, 0.25) is 0 Å². The number of benzene rings is 2. The number of nitrogens with zero attached hydrogens (tertiary/aromatic N) is 2. The van der Waals surface area contributed by atoms with Gasteiger partial charge < -0.3 is 9.30 Å². The Morgan fingerprint density at radius 3 is 2.46 bits per heavy atom. The number of ether oxygens (including phenoxy) is 1. The second kappa shape index (κ2) is 8.10. The zero-order valence-corrected chi connectivity index (χ0v) is 17.6. The van der Waals surface area contributed by atoms with Crippen molar-refractivity contribution in [1.29, 1.82) is 0 Å². The molecular weight excluding hydrogens is 372 g/mol. The predicted molar refractivity (Wildman–Crippen MR) is 112 cm³/mol. The van der Waals surface area contributed by atoms with E-state index in [4.69, 9.17) is 4.74 Å². The van der Waals surface area contributed by atoms with E-state index in [0.717, 1.165) is 32.5 Å². The Morgan fingerprint density at radius 2 is 1.79 bits per heavy atom. The average molecular weight is 397 g/mol. The lowest BCUT2D eigenvalue weighted by Crippen LogP contribution is -2.23. The number of thiazole rings is 1. The first kappa shape index (κ1) is 20.0. The third kappa shape index (κ3) is 4.07. The molecule has 0 N–H and O–H groups in total. The summed E-state index contributed by atoms with van der Waals surface area (Å²) in [7, 11) is 0. The number of fused-ring (bicyclic) bond motifs is 1. The Labute approximate surface area is 168 Å². The van der Waals surface area contributed by atoms with Crippen molar-refractivity contribution in [3.05, 3.63) is 63.0 Å². The SMILES string of the molecule is CCOC(=O)Cn1c(=NC(=O)c2ccc(C)c(C)c2)sc2c(C)cc(C)cc21. The van der Waals surface area contributed by atoms with Crippen LogP contribution in [0.4, 0.5) is 0 Å². The monoisotopic (exact) mass is 396 g/mol. The minimum Gasteiger partial charge on any atom is -0.465 e. The van der Waals surface area contributed by atoms with Gasteiger partial charge in [0, 0.05) is 5.56 Å². The van der Waals surface area contributed by atoms with Gasteiger partial charge in [-0.15, -0.1) is 0 Å². The van der Waals surface area contributed by atoms with Gasteiger partial charge in [-0.05, 0) is 75.1 Å². The van der Waals surface area contributed by atoms with E-state index in [1.165, 1.54) is 11.3 Å². The molecule has 2 aromatic carbocycles. The summed E-state index contributed by atoms with van der Waals surface area (Å²) in [4.78, 5) is 29.8. The van der Waals surface area contributed by atoms with Gasteiger partial charge in [-0.2, -0.15) is 4.99 Å². The Hall–Kier alpha value is -2.73. The van der Waals surface area contributed by atoms with Crippen LogP contribution in [-0.4, -0.2) is 23.1 Å². The third-order valence-corrected chi connectivity index (χ3v) is 5.89. The average Bonchev–Trinajstić information content (AvgIpc) is 2.95. The van der Waals surface area contributed by atoms with Crippen LogP contribution in [0.1, 0.15) is 39.5 Å². The molecule has 1 aromatic heterocycles. The number of carbonyl (C=O) groups excluding carboxylic acids is 2. The summed E-state index contributed by atoms with van der Waals surface area (Å²) in [6, 6.07) is 9.65. The maximum Gasteiger partial charge on any atom is 0.326 e. The number of hydrogen-bond donors (Lipinski definition) is 0. The molecule has 6 heteroatoms. The highest BCUT2D eigenvalue weighted by Crippen LogP contribution is 2.23. The summed E-state index contributed by atoms with van der Waals surface area (Å²) >= 11 is 1.42. The smallest absolute Gasteiger partial charge is 0.326 e. The van der Waals surface area contributed by atoms with Crippen LogP contribution in [-0.2, 0) is 16.1 Å². The fourth-order valence-electron chi connectivity index (χ4n) is 3.11. The number of aryl methyl sites for hydroxylation is 4. The van der Waals surface area contributed by atoms with Crippen molar-refractivity contribution >= 4 is 33.4 Å². The summed E-state index contributed by atoms with van der Waals surface area (Å²) in [5.74, 6) is -0.664. The molecule has 0 aliphatic carbocycles. The van der Waals surface area contributed by atoms with Gasteiger partial charge in [-0.1, -0.05) is 23.5 Å². The van der Waals surface area contributed by atoms with Crippen LogP contribution in [0.15, 0.2) is 35.3 Å². The minimum atomic E-state index is -0.346. The number of esters is 1. The van der Waals surface area contributed by atoms with E-state index in [-0.39, 0.29) is 18.4 Å². The zero-order valence-electron chi connectivity index (χ0n) is 16.8. The number of carbonyl (C=O) groups is 2. The van der Waals surface area contributed by atoms with Crippen LogP contribution in [0, 0.1) is 27.7 Å². The molecule has 0 radical (unpaired) electrons. The minimum absolute atomic E-state index is 0.0236. The van der Waals surface area contributed by atoms with Gasteiger partial charge >= 0.3 is 5.97 Å². The molecule has 3 aromatic rings. The lowest BCUT2D eigenvalue weighted by molar-refractivity contribution is -0.143. The molecule has 0 saturated carbocycles. The van der Waals surface area contributed by atoms with Crippen molar-refractivity contribution in [3.63, 3.8) is 0 Å². The standard InChI is InChI=1S/C22H24N2O3S/c1-6-27-19(25)12-24-18-10-13(2)9-16(5)20(18)28-22(24)23-21(26)17-8-7-14(3)15(4)11-17/h7-11H,6,12H2,1-5H3. The number of rotatable bonds is 4. The molecule has 0 atom stereocenters. The molecule has 0 spiro atoms. The molecule has 5 nitrogen and oxygen atoms in total. The van der Waals surface area contributed by atoms with Crippen LogP contribution in [0.5, 0.6) is 0 Å². The van der Waals surface area contributed by atoms with E-state index in [2.05, 4.69) is 11.1 Å². The van der Waals surface area contributed by atoms with E-state index < -0.39 is 0 Å². The van der Waals surface area contributed by atoms with Crippen molar-refractivity contribution in [2.75, 3.05) is 6.61 Å². The van der Waals surface area contributed by atoms with Crippen molar-refractivity contribution in [3.8, 4) is 0 Å². The number of aromatic nitrogens is 1. The molecule has 146 valence electrons. The van der Waals surface area contributed by atoms with Crippen molar-refractivity contribution in [2.45, 2.75) is 41.2 Å². The Bertz CT molecular complexity index is 1140. The summed E-state index contributed by atoms with van der Waals surface area (Å²) in [6.07, 6.45) is 0. The summed E-state index contributed by atoms with van der Waals surface area (Å²) in [6.45, 7) is 10.1. The van der Waals surface area contributed by atoms with E-state index in [1.54, 1.807) is 17.6 Å². The molecule has 0 aliphatic heterocycles. The molecule has 3 rings (SSSR count). The topological polar surface area (TPSA) is 60.7 Å². The van der Waals surface area contributed by atoms with Crippen molar-refractivity contribution in [1.82, 2.24) is 4.57 Å². The second-order valence-corrected chi connectivity index (χ2v) is 7.90. The van der Waals surface area contributed by atoms with Gasteiger partial charge in [0.2, 0.25) is 0 Å². The molecule has 0 saturated heterocycles. The Balaban J connectivity index is 2.16. The molecule has 0 aliphatic rings. The quantitative estimate of drug-likeness (QED) is 0.620. The lowest BCUT2D eigenvalue weighted by Gasteiger charge is -2.06. The maximum atomic E-state index is 12.8. The largest absolute Gasteiger partial charge is 0.465 e. The Kier molecular flexibility index (Phi) is 5.79. The van der Waals surface area contributed by atoms with E-state index in [0.29, 0.717) is 17.0 Å². The fourth-order valence-corrected chi connectivity index (χ4v) is 4.19. The molecular formula is C22H24N2O3S. The van der Waals surface area contributed by atoms with Crippen LogP contribution < -0.4 is 4.80 Å². The normalized spacial score (nSPS) is 11.8. The number of amides is 1. The first-order chi connectivity index (χ1) is 13.3. The van der Waals surface area contributed by atoms with Crippen molar-refractivity contribution in [2.24, 2.45) is 4.99 Å². The molecule has 0 fully saturated rings. The predicted octanol–water partition coefficient (Wildman–Crippen LogP) is 4.24. The molecule has 0 bridgehead atoms. The third-order valence-electron chi connectivity index (χ3n) is 4.66. The highest BCUT2D eigenvalue weighted by atomic mass is 32.1. The lowest BCUT2D eigenvalue weighted by atomic mass is 10.1. The molecule has 1 amide bonds. The van der Waals surface area contributed by atoms with E-state index in [9.17, 15) is 9.59 Å². The summed E-state index contributed by atoms with van der Waals surface area (Å²) < 4.78 is 7.91. The van der Waals surface area contributed by atoms with Gasteiger partial charge in [0.1, 0.15) is 6.54 Å². The van der Waals surface area contributed by atoms with Gasteiger partial charge in [0.25, 0.3) is 5.91 Å². The molecule has 0 unspecified atom stereocenters. The van der Waals surface area contributed by atoms with Crippen molar-refractivity contribution < 1.29 is 14.3 Å². The molecule has 1 heterocycles. The first-order valence-electron chi connectivity index (χ1n) is 9.22.